The second kappa shape index (κ2) is 28.2. The van der Waals surface area contributed by atoms with E-state index in [0.29, 0.717) is 13.2 Å². The van der Waals surface area contributed by atoms with E-state index >= 15 is 0 Å². The van der Waals surface area contributed by atoms with Gasteiger partial charge in [0.05, 0.1) is 13.2 Å². The summed E-state index contributed by atoms with van der Waals surface area (Å²) in [7, 11) is 0. The lowest BCUT2D eigenvalue weighted by Crippen LogP contribution is -2.01. The summed E-state index contributed by atoms with van der Waals surface area (Å²) in [5.41, 5.74) is 0. The lowest BCUT2D eigenvalue weighted by Gasteiger charge is -1.99. The molecule has 0 bridgehead atoms. The molecule has 0 radical (unpaired) electrons. The highest BCUT2D eigenvalue weighted by molar-refractivity contribution is 5.81. The van der Waals surface area contributed by atoms with E-state index < -0.39 is 0 Å². The van der Waals surface area contributed by atoms with Crippen molar-refractivity contribution in [3.8, 4) is 0 Å². The lowest BCUT2D eigenvalue weighted by molar-refractivity contribution is -0.138. The summed E-state index contributed by atoms with van der Waals surface area (Å²) in [6.45, 7) is 16.3. The molecule has 0 unspecified atom stereocenters. The van der Waals surface area contributed by atoms with E-state index in [0.717, 1.165) is 25.7 Å². The molecule has 0 saturated carbocycles. The maximum absolute atomic E-state index is 10.5. The fraction of sp³-hybridized carbons (Fsp3) is 0.727. The van der Waals surface area contributed by atoms with Crippen LogP contribution in [-0.4, -0.2) is 25.2 Å². The van der Waals surface area contributed by atoms with Crippen LogP contribution in [0.3, 0.4) is 0 Å². The smallest absolute Gasteiger partial charge is 0.330 e. The fourth-order valence-corrected chi connectivity index (χ4v) is 1.64. The third-order valence-electron chi connectivity index (χ3n) is 3.27. The van der Waals surface area contributed by atoms with Crippen molar-refractivity contribution in [2.75, 3.05) is 13.2 Å². The first-order valence-electron chi connectivity index (χ1n) is 10.1. The Morgan fingerprint density at radius 3 is 1.31 bits per heavy atom. The molecule has 0 aromatic rings. The number of carbonyl (C=O) groups excluding carboxylic acids is 2. The van der Waals surface area contributed by atoms with Gasteiger partial charge in [0.25, 0.3) is 0 Å². The van der Waals surface area contributed by atoms with Gasteiger partial charge in [0.15, 0.2) is 0 Å². The van der Waals surface area contributed by atoms with Crippen molar-refractivity contribution in [3.63, 3.8) is 0 Å². The monoisotopic (exact) mass is 370 g/mol. The van der Waals surface area contributed by atoms with E-state index in [1.807, 2.05) is 6.92 Å². The first kappa shape index (κ1) is 29.2. The standard InChI is InChI=1S/C9H16O2.C7H12O2.C6H14/c1-3-5-6-7-8-11-9(10)4-2;1-3-5-6-9-7(8)4-2;1-3-5-6-4-2/h4H,2-3,5-8H2,1H3;4H,2-3,5-6H2,1H3;3-6H2,1-2H3. The number of esters is 2. The van der Waals surface area contributed by atoms with E-state index in [9.17, 15) is 9.59 Å². The normalized spacial score (nSPS) is 8.92. The Bertz CT molecular complexity index is 320. The largest absolute Gasteiger partial charge is 0.463 e. The second-order valence-electron chi connectivity index (χ2n) is 5.86. The molecule has 0 spiro atoms. The number of hydrogen-bond donors (Lipinski definition) is 0. The zero-order chi connectivity index (χ0) is 20.5. The van der Waals surface area contributed by atoms with Crippen LogP contribution >= 0.6 is 0 Å². The predicted molar refractivity (Wildman–Crippen MR) is 111 cm³/mol. The Balaban J connectivity index is -0.000000319. The maximum Gasteiger partial charge on any atom is 0.330 e. The molecule has 0 aliphatic heterocycles. The van der Waals surface area contributed by atoms with Crippen molar-refractivity contribution >= 4 is 11.9 Å². The molecular weight excluding hydrogens is 328 g/mol. The molecule has 0 amide bonds. The first-order chi connectivity index (χ1) is 12.5. The average molecular weight is 371 g/mol. The summed E-state index contributed by atoms with van der Waals surface area (Å²) in [6, 6.07) is 0. The Morgan fingerprint density at radius 1 is 0.615 bits per heavy atom. The predicted octanol–water partition coefficient (Wildman–Crippen LogP) is 6.40. The first-order valence-corrected chi connectivity index (χ1v) is 10.1. The van der Waals surface area contributed by atoms with Crippen LogP contribution in [0.4, 0.5) is 0 Å². The number of unbranched alkanes of at least 4 members (excludes halogenated alkanes) is 7. The van der Waals surface area contributed by atoms with Crippen LogP contribution in [0.2, 0.25) is 0 Å². The van der Waals surface area contributed by atoms with Crippen LogP contribution < -0.4 is 0 Å². The van der Waals surface area contributed by atoms with Crippen LogP contribution in [0.15, 0.2) is 25.3 Å². The Kier molecular flexibility index (Phi) is 31.7. The van der Waals surface area contributed by atoms with Gasteiger partial charge in [0.1, 0.15) is 0 Å². The van der Waals surface area contributed by atoms with Crippen LogP contribution in [-0.2, 0) is 19.1 Å². The van der Waals surface area contributed by atoms with Crippen LogP contribution in [0.1, 0.15) is 91.9 Å². The number of carbonyl (C=O) groups is 2. The zero-order valence-electron chi connectivity index (χ0n) is 17.7. The van der Waals surface area contributed by atoms with Gasteiger partial charge in [-0.05, 0) is 12.8 Å². The molecule has 0 aromatic heterocycles. The molecule has 0 heterocycles. The average Bonchev–Trinajstić information content (AvgIpc) is 2.67. The highest BCUT2D eigenvalue weighted by Gasteiger charge is 1.93. The van der Waals surface area contributed by atoms with Crippen molar-refractivity contribution in [1.82, 2.24) is 0 Å². The van der Waals surface area contributed by atoms with Gasteiger partial charge in [-0.2, -0.15) is 0 Å². The van der Waals surface area contributed by atoms with Crippen molar-refractivity contribution in [2.45, 2.75) is 91.9 Å². The third-order valence-corrected chi connectivity index (χ3v) is 3.27. The van der Waals surface area contributed by atoms with Crippen molar-refractivity contribution in [1.29, 1.82) is 0 Å². The fourth-order valence-electron chi connectivity index (χ4n) is 1.64. The Morgan fingerprint density at radius 2 is 0.962 bits per heavy atom. The summed E-state index contributed by atoms with van der Waals surface area (Å²) >= 11 is 0. The van der Waals surface area contributed by atoms with Gasteiger partial charge < -0.3 is 9.47 Å². The minimum atomic E-state index is -0.330. The van der Waals surface area contributed by atoms with E-state index in [-0.39, 0.29) is 11.9 Å². The molecule has 0 aliphatic rings. The topological polar surface area (TPSA) is 52.6 Å². The number of rotatable bonds is 13. The molecule has 0 aromatic carbocycles. The van der Waals surface area contributed by atoms with E-state index in [1.165, 1.54) is 50.7 Å². The molecule has 0 N–H and O–H groups in total. The quantitative estimate of drug-likeness (QED) is 0.214. The van der Waals surface area contributed by atoms with Crippen molar-refractivity contribution in [2.24, 2.45) is 0 Å². The highest BCUT2D eigenvalue weighted by Crippen LogP contribution is 1.98. The minimum absolute atomic E-state index is 0.318. The van der Waals surface area contributed by atoms with Gasteiger partial charge in [-0.1, -0.05) is 92.2 Å². The third kappa shape index (κ3) is 33.9. The Hall–Kier alpha value is -1.58. The molecule has 0 rings (SSSR count). The summed E-state index contributed by atoms with van der Waals surface area (Å²) in [5.74, 6) is -0.648. The molecule has 4 heteroatoms. The molecule has 154 valence electrons. The van der Waals surface area contributed by atoms with Crippen molar-refractivity contribution in [3.05, 3.63) is 25.3 Å². The summed E-state index contributed by atoms with van der Waals surface area (Å²) in [4.78, 5) is 20.9. The molecule has 0 fully saturated rings. The summed E-state index contributed by atoms with van der Waals surface area (Å²) in [5, 5.41) is 0. The van der Waals surface area contributed by atoms with Crippen LogP contribution in [0.5, 0.6) is 0 Å². The molecular formula is C22H42O4. The van der Waals surface area contributed by atoms with Crippen LogP contribution in [0.25, 0.3) is 0 Å². The van der Waals surface area contributed by atoms with Gasteiger partial charge in [-0.3, -0.25) is 0 Å². The molecule has 4 nitrogen and oxygen atoms in total. The van der Waals surface area contributed by atoms with Gasteiger partial charge in [0, 0.05) is 12.2 Å². The SMILES string of the molecule is C=CC(=O)OCCCC.C=CC(=O)OCCCCCC.CCCCCC. The second-order valence-corrected chi connectivity index (χ2v) is 5.86. The van der Waals surface area contributed by atoms with E-state index in [2.05, 4.69) is 38.7 Å². The lowest BCUT2D eigenvalue weighted by atomic mass is 10.2. The van der Waals surface area contributed by atoms with Gasteiger partial charge in [-0.25, -0.2) is 9.59 Å². The van der Waals surface area contributed by atoms with E-state index in [4.69, 9.17) is 4.74 Å². The van der Waals surface area contributed by atoms with Gasteiger partial charge in [-0.15, -0.1) is 0 Å². The summed E-state index contributed by atoms with van der Waals surface area (Å²) < 4.78 is 9.46. The highest BCUT2D eigenvalue weighted by atomic mass is 16.5. The van der Waals surface area contributed by atoms with Crippen LogP contribution in [0, 0.1) is 0 Å². The zero-order valence-corrected chi connectivity index (χ0v) is 17.7. The number of hydrogen-bond acceptors (Lipinski definition) is 4. The maximum atomic E-state index is 10.5. The van der Waals surface area contributed by atoms with Crippen molar-refractivity contribution < 1.29 is 19.1 Å². The summed E-state index contributed by atoms with van der Waals surface area (Å²) in [6.07, 6.45) is 14.4. The molecule has 0 saturated heterocycles. The molecule has 26 heavy (non-hydrogen) atoms. The Labute approximate surface area is 162 Å². The van der Waals surface area contributed by atoms with Gasteiger partial charge >= 0.3 is 11.9 Å². The molecule has 0 atom stereocenters. The molecule has 0 aliphatic carbocycles. The number of ether oxygens (including phenoxy) is 2. The van der Waals surface area contributed by atoms with E-state index in [1.54, 1.807) is 0 Å². The van der Waals surface area contributed by atoms with Gasteiger partial charge in [0.2, 0.25) is 0 Å². The minimum Gasteiger partial charge on any atom is -0.463 e.